The second kappa shape index (κ2) is 4.18. The summed E-state index contributed by atoms with van der Waals surface area (Å²) in [5.74, 6) is 0.742. The van der Waals surface area contributed by atoms with Gasteiger partial charge in [-0.1, -0.05) is 0 Å². The number of nitrogens with zero attached hydrogens (tertiary/aromatic N) is 2. The van der Waals surface area contributed by atoms with E-state index in [4.69, 9.17) is 0 Å². The van der Waals surface area contributed by atoms with Crippen molar-refractivity contribution in [1.82, 2.24) is 15.5 Å². The molecule has 1 heterocycles. The highest BCUT2D eigenvalue weighted by Gasteiger charge is 2.27. The van der Waals surface area contributed by atoms with Crippen LogP contribution >= 0.6 is 11.3 Å². The van der Waals surface area contributed by atoms with E-state index in [-0.39, 0.29) is 5.54 Å². The van der Waals surface area contributed by atoms with Gasteiger partial charge in [0.2, 0.25) is 0 Å². The Morgan fingerprint density at radius 1 is 1.33 bits per heavy atom. The summed E-state index contributed by atoms with van der Waals surface area (Å²) in [5, 5.41) is 14.3. The molecule has 0 amide bonds. The van der Waals surface area contributed by atoms with Gasteiger partial charge in [0.05, 0.1) is 0 Å². The number of rotatable bonds is 4. The first-order valence-electron chi connectivity index (χ1n) is 5.62. The van der Waals surface area contributed by atoms with Gasteiger partial charge in [0.25, 0.3) is 0 Å². The van der Waals surface area contributed by atoms with Crippen LogP contribution in [-0.2, 0) is 6.42 Å². The molecule has 0 atom stereocenters. The van der Waals surface area contributed by atoms with Crippen LogP contribution in [0.1, 0.15) is 49.5 Å². The van der Waals surface area contributed by atoms with Gasteiger partial charge in [-0.25, -0.2) is 0 Å². The van der Waals surface area contributed by atoms with Gasteiger partial charge in [0, 0.05) is 24.4 Å². The number of hydrogen-bond donors (Lipinski definition) is 1. The van der Waals surface area contributed by atoms with Gasteiger partial charge in [0.1, 0.15) is 10.0 Å². The zero-order valence-corrected chi connectivity index (χ0v) is 10.5. The molecule has 0 aromatic carbocycles. The van der Waals surface area contributed by atoms with Crippen LogP contribution in [0.2, 0.25) is 0 Å². The van der Waals surface area contributed by atoms with Crippen LogP contribution in [0.3, 0.4) is 0 Å². The van der Waals surface area contributed by atoms with Crippen molar-refractivity contribution in [2.75, 3.05) is 6.54 Å². The zero-order chi connectivity index (χ0) is 10.9. The Kier molecular flexibility index (Phi) is 3.07. The fourth-order valence-corrected chi connectivity index (χ4v) is 2.42. The minimum atomic E-state index is 0.198. The van der Waals surface area contributed by atoms with Crippen molar-refractivity contribution in [3.05, 3.63) is 10.0 Å². The third kappa shape index (κ3) is 3.54. The number of aromatic nitrogens is 2. The highest BCUT2D eigenvalue weighted by molar-refractivity contribution is 7.11. The fourth-order valence-electron chi connectivity index (χ4n) is 1.41. The van der Waals surface area contributed by atoms with Crippen LogP contribution in [0.15, 0.2) is 0 Å². The number of hydrogen-bond acceptors (Lipinski definition) is 4. The van der Waals surface area contributed by atoms with E-state index in [0.29, 0.717) is 0 Å². The quantitative estimate of drug-likeness (QED) is 0.854. The summed E-state index contributed by atoms with van der Waals surface area (Å²) in [6.45, 7) is 7.54. The second-order valence-electron chi connectivity index (χ2n) is 5.24. The van der Waals surface area contributed by atoms with E-state index in [1.54, 1.807) is 11.3 Å². The third-order valence-electron chi connectivity index (χ3n) is 2.40. The molecule has 3 nitrogen and oxygen atoms in total. The van der Waals surface area contributed by atoms with E-state index < -0.39 is 0 Å². The third-order valence-corrected chi connectivity index (χ3v) is 3.55. The first kappa shape index (κ1) is 11.0. The summed E-state index contributed by atoms with van der Waals surface area (Å²) in [5.41, 5.74) is 0.198. The second-order valence-corrected chi connectivity index (χ2v) is 6.33. The first-order valence-corrected chi connectivity index (χ1v) is 6.43. The van der Waals surface area contributed by atoms with Gasteiger partial charge in [-0.05, 0) is 33.6 Å². The largest absolute Gasteiger partial charge is 0.312 e. The molecule has 0 spiro atoms. The molecule has 0 unspecified atom stereocenters. The van der Waals surface area contributed by atoms with Crippen LogP contribution in [0.5, 0.6) is 0 Å². The van der Waals surface area contributed by atoms with Gasteiger partial charge in [0.15, 0.2) is 0 Å². The van der Waals surface area contributed by atoms with Crippen LogP contribution in [0.25, 0.3) is 0 Å². The van der Waals surface area contributed by atoms with Crippen LogP contribution < -0.4 is 5.32 Å². The summed E-state index contributed by atoms with van der Waals surface area (Å²) >= 11 is 1.79. The van der Waals surface area contributed by atoms with Gasteiger partial charge >= 0.3 is 0 Å². The molecule has 1 N–H and O–H groups in total. The summed E-state index contributed by atoms with van der Waals surface area (Å²) in [7, 11) is 0. The molecular formula is C11H19N3S. The minimum Gasteiger partial charge on any atom is -0.312 e. The zero-order valence-electron chi connectivity index (χ0n) is 9.71. The molecule has 1 fully saturated rings. The van der Waals surface area contributed by atoms with E-state index >= 15 is 0 Å². The molecule has 84 valence electrons. The molecule has 0 bridgehead atoms. The minimum absolute atomic E-state index is 0.198. The van der Waals surface area contributed by atoms with Gasteiger partial charge < -0.3 is 5.32 Å². The van der Waals surface area contributed by atoms with E-state index in [2.05, 4.69) is 36.3 Å². The molecule has 0 aliphatic heterocycles. The Morgan fingerprint density at radius 2 is 2.07 bits per heavy atom. The van der Waals surface area contributed by atoms with Gasteiger partial charge in [-0.3, -0.25) is 0 Å². The summed E-state index contributed by atoms with van der Waals surface area (Å²) in [4.78, 5) is 0. The molecule has 1 aliphatic carbocycles. The maximum Gasteiger partial charge on any atom is 0.120 e. The van der Waals surface area contributed by atoms with E-state index in [1.165, 1.54) is 22.9 Å². The molecule has 0 saturated heterocycles. The lowest BCUT2D eigenvalue weighted by atomic mass is 10.1. The Hall–Kier alpha value is -0.480. The number of nitrogens with one attached hydrogen (secondary N) is 1. The van der Waals surface area contributed by atoms with Crippen LogP contribution in [0.4, 0.5) is 0 Å². The molecule has 4 heteroatoms. The molecule has 1 aliphatic rings. The monoisotopic (exact) mass is 225 g/mol. The van der Waals surface area contributed by atoms with Crippen molar-refractivity contribution in [2.24, 2.45) is 0 Å². The first-order chi connectivity index (χ1) is 7.04. The predicted octanol–water partition coefficient (Wildman–Crippen LogP) is 2.35. The molecule has 2 rings (SSSR count). The normalized spacial score (nSPS) is 17.0. The van der Waals surface area contributed by atoms with E-state index in [1.807, 2.05) is 0 Å². The van der Waals surface area contributed by atoms with Crippen molar-refractivity contribution in [3.8, 4) is 0 Å². The lowest BCUT2D eigenvalue weighted by Crippen LogP contribution is -2.37. The van der Waals surface area contributed by atoms with Crippen molar-refractivity contribution in [1.29, 1.82) is 0 Å². The fraction of sp³-hybridized carbons (Fsp3) is 0.818. The van der Waals surface area contributed by atoms with Crippen LogP contribution in [0, 0.1) is 0 Å². The summed E-state index contributed by atoms with van der Waals surface area (Å²) in [6, 6.07) is 0. The van der Waals surface area contributed by atoms with Crippen molar-refractivity contribution in [3.63, 3.8) is 0 Å². The highest BCUT2D eigenvalue weighted by atomic mass is 32.1. The van der Waals surface area contributed by atoms with Gasteiger partial charge in [-0.15, -0.1) is 21.5 Å². The molecule has 0 radical (unpaired) electrons. The summed E-state index contributed by atoms with van der Waals surface area (Å²) < 4.78 is 0. The lowest BCUT2D eigenvalue weighted by Gasteiger charge is -2.19. The standard InChI is InChI=1S/C11H19N3S/c1-11(2,3)12-7-6-9-13-14-10(15-9)8-4-5-8/h8,12H,4-7H2,1-3H3. The molecule has 1 saturated carbocycles. The Bertz CT molecular complexity index is 323. The SMILES string of the molecule is CC(C)(C)NCCc1nnc(C2CC2)s1. The van der Waals surface area contributed by atoms with Crippen molar-refractivity contribution < 1.29 is 0 Å². The highest BCUT2D eigenvalue weighted by Crippen LogP contribution is 2.41. The van der Waals surface area contributed by atoms with E-state index in [0.717, 1.165) is 18.9 Å². The Morgan fingerprint density at radius 3 is 2.67 bits per heavy atom. The van der Waals surface area contributed by atoms with E-state index in [9.17, 15) is 0 Å². The maximum absolute atomic E-state index is 4.23. The Balaban J connectivity index is 1.78. The van der Waals surface area contributed by atoms with Crippen molar-refractivity contribution in [2.45, 2.75) is 51.5 Å². The topological polar surface area (TPSA) is 37.8 Å². The predicted molar refractivity (Wildman–Crippen MR) is 63.3 cm³/mol. The summed E-state index contributed by atoms with van der Waals surface area (Å²) in [6.07, 6.45) is 3.63. The average Bonchev–Trinajstić information content (AvgIpc) is 2.86. The lowest BCUT2D eigenvalue weighted by molar-refractivity contribution is 0.429. The maximum atomic E-state index is 4.23. The smallest absolute Gasteiger partial charge is 0.120 e. The molecule has 1 aromatic heterocycles. The Labute approximate surface area is 95.3 Å². The molecular weight excluding hydrogens is 206 g/mol. The molecule has 15 heavy (non-hydrogen) atoms. The van der Waals surface area contributed by atoms with Crippen LogP contribution in [-0.4, -0.2) is 22.3 Å². The van der Waals surface area contributed by atoms with Gasteiger partial charge in [-0.2, -0.15) is 0 Å². The van der Waals surface area contributed by atoms with Crippen molar-refractivity contribution >= 4 is 11.3 Å². The average molecular weight is 225 g/mol. The molecule has 1 aromatic rings.